The minimum absolute atomic E-state index is 0.0502. The number of hydrogen-bond acceptors (Lipinski definition) is 3. The molecule has 0 aromatic heterocycles. The Morgan fingerprint density at radius 1 is 1.41 bits per heavy atom. The van der Waals surface area contributed by atoms with E-state index in [1.165, 1.54) is 16.0 Å². The number of aryl methyl sites for hydroxylation is 1. The van der Waals surface area contributed by atoms with Crippen molar-refractivity contribution in [1.29, 1.82) is 0 Å². The fourth-order valence-corrected chi connectivity index (χ4v) is 2.80. The number of rotatable bonds is 0. The summed E-state index contributed by atoms with van der Waals surface area (Å²) in [5.74, 6) is 0.382. The van der Waals surface area contributed by atoms with E-state index in [-0.39, 0.29) is 5.91 Å². The molecule has 0 saturated heterocycles. The predicted molar refractivity (Wildman–Crippen MR) is 65.5 cm³/mol. The van der Waals surface area contributed by atoms with E-state index >= 15 is 0 Å². The Morgan fingerprint density at radius 2 is 2.18 bits per heavy atom. The van der Waals surface area contributed by atoms with Gasteiger partial charge in [0.15, 0.2) is 5.96 Å². The summed E-state index contributed by atoms with van der Waals surface area (Å²) in [6, 6.07) is 8.21. The maximum absolute atomic E-state index is 11.9. The second-order valence-electron chi connectivity index (χ2n) is 4.79. The van der Waals surface area contributed by atoms with Gasteiger partial charge in [0.05, 0.1) is 12.0 Å². The zero-order valence-electron chi connectivity index (χ0n) is 9.81. The summed E-state index contributed by atoms with van der Waals surface area (Å²) in [7, 11) is 1.68. The summed E-state index contributed by atoms with van der Waals surface area (Å²) in [5.41, 5.74) is 7.90. The van der Waals surface area contributed by atoms with Crippen molar-refractivity contribution in [3.63, 3.8) is 0 Å². The number of nitrogens with two attached hydrogens (primary N) is 1. The Bertz CT molecular complexity index is 523. The third-order valence-electron chi connectivity index (χ3n) is 3.82. The maximum Gasteiger partial charge on any atom is 0.231 e. The molecular formula is C13H15N3O. The van der Waals surface area contributed by atoms with Crippen molar-refractivity contribution < 1.29 is 4.79 Å². The first-order valence-electron chi connectivity index (χ1n) is 5.83. The number of carbonyl (C=O) groups is 1. The highest BCUT2D eigenvalue weighted by Crippen LogP contribution is 2.44. The second kappa shape index (κ2) is 3.32. The largest absolute Gasteiger partial charge is 0.369 e. The van der Waals surface area contributed by atoms with Crippen LogP contribution in [0.15, 0.2) is 29.3 Å². The molecule has 1 aromatic rings. The van der Waals surface area contributed by atoms with Gasteiger partial charge in [-0.05, 0) is 24.0 Å². The quantitative estimate of drug-likeness (QED) is 0.721. The number of fused-ring (bicyclic) bond motifs is 2. The van der Waals surface area contributed by atoms with Gasteiger partial charge in [0.2, 0.25) is 5.91 Å². The SMILES string of the molecule is CN1C(=O)C[C@]2(CCc3ccccc32)N=C1N. The van der Waals surface area contributed by atoms with Gasteiger partial charge in [0.1, 0.15) is 0 Å². The molecule has 88 valence electrons. The standard InChI is InChI=1S/C13H15N3O/c1-16-11(17)8-13(15-12(16)14)7-6-9-4-2-3-5-10(9)13/h2-5H,6-8H2,1H3,(H2,14,15)/t13-/m0/s1. The molecular weight excluding hydrogens is 214 g/mol. The zero-order valence-corrected chi connectivity index (χ0v) is 9.81. The molecule has 1 aliphatic heterocycles. The third-order valence-corrected chi connectivity index (χ3v) is 3.82. The number of guanidine groups is 1. The molecule has 1 spiro atoms. The first-order valence-corrected chi connectivity index (χ1v) is 5.83. The molecule has 2 aliphatic rings. The third kappa shape index (κ3) is 1.37. The first kappa shape index (κ1) is 10.3. The average molecular weight is 229 g/mol. The van der Waals surface area contributed by atoms with E-state index in [0.717, 1.165) is 12.8 Å². The molecule has 4 nitrogen and oxygen atoms in total. The van der Waals surface area contributed by atoms with E-state index in [1.54, 1.807) is 7.05 Å². The van der Waals surface area contributed by atoms with Gasteiger partial charge in [-0.2, -0.15) is 0 Å². The van der Waals surface area contributed by atoms with Gasteiger partial charge < -0.3 is 5.73 Å². The molecule has 0 fully saturated rings. The van der Waals surface area contributed by atoms with Gasteiger partial charge in [0.25, 0.3) is 0 Å². The summed E-state index contributed by atoms with van der Waals surface area (Å²) in [6.45, 7) is 0. The molecule has 1 atom stereocenters. The Balaban J connectivity index is 2.14. The van der Waals surface area contributed by atoms with E-state index in [9.17, 15) is 4.79 Å². The monoisotopic (exact) mass is 229 g/mol. The second-order valence-corrected chi connectivity index (χ2v) is 4.79. The number of benzene rings is 1. The molecule has 1 aliphatic carbocycles. The van der Waals surface area contributed by atoms with Crippen LogP contribution in [0, 0.1) is 0 Å². The fourth-order valence-electron chi connectivity index (χ4n) is 2.80. The molecule has 1 heterocycles. The van der Waals surface area contributed by atoms with E-state index in [4.69, 9.17) is 5.73 Å². The zero-order chi connectivity index (χ0) is 12.0. The van der Waals surface area contributed by atoms with Crippen molar-refractivity contribution in [2.75, 3.05) is 7.05 Å². The van der Waals surface area contributed by atoms with Crippen molar-refractivity contribution >= 4 is 11.9 Å². The van der Waals surface area contributed by atoms with Crippen molar-refractivity contribution in [1.82, 2.24) is 4.90 Å². The molecule has 2 N–H and O–H groups in total. The molecule has 1 aromatic carbocycles. The van der Waals surface area contributed by atoms with Gasteiger partial charge in [-0.25, -0.2) is 4.99 Å². The van der Waals surface area contributed by atoms with Crippen LogP contribution in [0.3, 0.4) is 0 Å². The Hall–Kier alpha value is -1.84. The lowest BCUT2D eigenvalue weighted by Crippen LogP contribution is -2.47. The highest BCUT2D eigenvalue weighted by molar-refractivity contribution is 5.99. The molecule has 0 radical (unpaired) electrons. The number of carbonyl (C=O) groups excluding carboxylic acids is 1. The lowest BCUT2D eigenvalue weighted by atomic mass is 9.87. The molecule has 1 amide bonds. The summed E-state index contributed by atoms with van der Waals surface area (Å²) in [4.78, 5) is 18.0. The van der Waals surface area contributed by atoms with Crippen LogP contribution >= 0.6 is 0 Å². The summed E-state index contributed by atoms with van der Waals surface area (Å²) < 4.78 is 0. The van der Waals surface area contributed by atoms with Gasteiger partial charge in [-0.15, -0.1) is 0 Å². The van der Waals surface area contributed by atoms with Crippen molar-refractivity contribution in [3.8, 4) is 0 Å². The van der Waals surface area contributed by atoms with Gasteiger partial charge in [-0.1, -0.05) is 24.3 Å². The maximum atomic E-state index is 11.9. The number of nitrogens with zero attached hydrogens (tertiary/aromatic N) is 2. The van der Waals surface area contributed by atoms with Crippen molar-refractivity contribution in [3.05, 3.63) is 35.4 Å². The molecule has 0 unspecified atom stereocenters. The van der Waals surface area contributed by atoms with E-state index in [2.05, 4.69) is 17.1 Å². The molecule has 3 rings (SSSR count). The minimum Gasteiger partial charge on any atom is -0.369 e. The van der Waals surface area contributed by atoms with Crippen LogP contribution < -0.4 is 5.73 Å². The molecule has 4 heteroatoms. The van der Waals surface area contributed by atoms with Crippen LogP contribution in [0.4, 0.5) is 0 Å². The highest BCUT2D eigenvalue weighted by Gasteiger charge is 2.44. The van der Waals surface area contributed by atoms with E-state index in [1.807, 2.05) is 12.1 Å². The topological polar surface area (TPSA) is 58.7 Å². The van der Waals surface area contributed by atoms with Crippen LogP contribution in [0.2, 0.25) is 0 Å². The lowest BCUT2D eigenvalue weighted by Gasteiger charge is -2.33. The Labute approximate surface area is 100 Å². The normalized spacial score (nSPS) is 27.2. The van der Waals surface area contributed by atoms with Crippen LogP contribution in [0.5, 0.6) is 0 Å². The van der Waals surface area contributed by atoms with Gasteiger partial charge >= 0.3 is 0 Å². The molecule has 0 saturated carbocycles. The van der Waals surface area contributed by atoms with Crippen molar-refractivity contribution in [2.24, 2.45) is 10.7 Å². The number of hydrogen-bond donors (Lipinski definition) is 1. The van der Waals surface area contributed by atoms with Crippen LogP contribution in [-0.4, -0.2) is 23.8 Å². The lowest BCUT2D eigenvalue weighted by molar-refractivity contribution is -0.128. The van der Waals surface area contributed by atoms with Crippen LogP contribution in [0.1, 0.15) is 24.0 Å². The van der Waals surface area contributed by atoms with Crippen LogP contribution in [0.25, 0.3) is 0 Å². The fraction of sp³-hybridized carbons (Fsp3) is 0.385. The molecule has 0 bridgehead atoms. The smallest absolute Gasteiger partial charge is 0.231 e. The summed E-state index contributed by atoms with van der Waals surface area (Å²) in [6.07, 6.45) is 2.29. The summed E-state index contributed by atoms with van der Waals surface area (Å²) in [5, 5.41) is 0. The van der Waals surface area contributed by atoms with Gasteiger partial charge in [-0.3, -0.25) is 9.69 Å². The summed E-state index contributed by atoms with van der Waals surface area (Å²) >= 11 is 0. The minimum atomic E-state index is -0.399. The first-order chi connectivity index (χ1) is 8.12. The van der Waals surface area contributed by atoms with E-state index in [0.29, 0.717) is 12.4 Å². The highest BCUT2D eigenvalue weighted by atomic mass is 16.2. The van der Waals surface area contributed by atoms with Crippen molar-refractivity contribution in [2.45, 2.75) is 24.8 Å². The Kier molecular flexibility index (Phi) is 2.02. The Morgan fingerprint density at radius 3 is 2.94 bits per heavy atom. The number of amides is 1. The van der Waals surface area contributed by atoms with Crippen LogP contribution in [-0.2, 0) is 16.8 Å². The number of aliphatic imine (C=N–C) groups is 1. The predicted octanol–water partition coefficient (Wildman–Crippen LogP) is 1.00. The molecule has 17 heavy (non-hydrogen) atoms. The van der Waals surface area contributed by atoms with E-state index < -0.39 is 5.54 Å². The van der Waals surface area contributed by atoms with Gasteiger partial charge in [0, 0.05) is 7.05 Å². The average Bonchev–Trinajstić information content (AvgIpc) is 2.66.